The van der Waals surface area contributed by atoms with Crippen molar-refractivity contribution < 1.29 is 8.42 Å². The Bertz CT molecular complexity index is 766. The number of nitrogens with one attached hydrogen (secondary N) is 1. The third-order valence-electron chi connectivity index (χ3n) is 3.22. The fraction of sp³-hybridized carbons (Fsp3) is 0.308. The highest BCUT2D eigenvalue weighted by Gasteiger charge is 2.24. The summed E-state index contributed by atoms with van der Waals surface area (Å²) in [6.45, 7) is 5.16. The fourth-order valence-corrected chi connectivity index (χ4v) is 3.79. The van der Waals surface area contributed by atoms with E-state index in [9.17, 15) is 8.42 Å². The first-order chi connectivity index (χ1) is 9.24. The standard InChI is InChI=1S/C13H16ClN3O2S/c1-8-11(14)6-5-7-12(8)16-20(18,19)13-9(2)15-17(4)10(13)3/h5-7,16H,1-4H3. The van der Waals surface area contributed by atoms with E-state index in [1.165, 1.54) is 0 Å². The van der Waals surface area contributed by atoms with Crippen molar-refractivity contribution in [2.45, 2.75) is 25.7 Å². The molecular formula is C13H16ClN3O2S. The lowest BCUT2D eigenvalue weighted by molar-refractivity contribution is 0.599. The van der Waals surface area contributed by atoms with Crippen molar-refractivity contribution in [3.05, 3.63) is 40.2 Å². The third kappa shape index (κ3) is 2.53. The third-order valence-corrected chi connectivity index (χ3v) is 5.25. The lowest BCUT2D eigenvalue weighted by Crippen LogP contribution is -2.15. The average molecular weight is 314 g/mol. The molecule has 0 unspecified atom stereocenters. The number of rotatable bonds is 3. The molecule has 0 bridgehead atoms. The number of halogens is 1. The normalized spacial score (nSPS) is 11.7. The number of anilines is 1. The van der Waals surface area contributed by atoms with Crippen LogP contribution in [0.25, 0.3) is 0 Å². The molecule has 20 heavy (non-hydrogen) atoms. The van der Waals surface area contributed by atoms with Gasteiger partial charge in [0, 0.05) is 12.1 Å². The summed E-state index contributed by atoms with van der Waals surface area (Å²) in [6, 6.07) is 5.10. The molecule has 0 saturated heterocycles. The van der Waals surface area contributed by atoms with Gasteiger partial charge in [-0.3, -0.25) is 9.40 Å². The van der Waals surface area contributed by atoms with Gasteiger partial charge in [0.15, 0.2) is 0 Å². The number of aryl methyl sites for hydroxylation is 2. The second kappa shape index (κ2) is 5.10. The van der Waals surface area contributed by atoms with E-state index in [0.29, 0.717) is 27.7 Å². The zero-order chi connectivity index (χ0) is 15.1. The highest BCUT2D eigenvalue weighted by atomic mass is 35.5. The number of benzene rings is 1. The monoisotopic (exact) mass is 313 g/mol. The number of sulfonamides is 1. The molecule has 2 aromatic rings. The molecule has 0 spiro atoms. The van der Waals surface area contributed by atoms with Crippen molar-refractivity contribution in [3.8, 4) is 0 Å². The van der Waals surface area contributed by atoms with E-state index in [0.717, 1.165) is 0 Å². The Hall–Kier alpha value is -1.53. The van der Waals surface area contributed by atoms with Gasteiger partial charge >= 0.3 is 0 Å². The Kier molecular flexibility index (Phi) is 3.80. The van der Waals surface area contributed by atoms with Gasteiger partial charge < -0.3 is 0 Å². The molecule has 2 rings (SSSR count). The first kappa shape index (κ1) is 14.9. The summed E-state index contributed by atoms with van der Waals surface area (Å²) >= 11 is 6.00. The predicted octanol–water partition coefficient (Wildman–Crippen LogP) is 2.80. The Morgan fingerprint density at radius 1 is 1.25 bits per heavy atom. The number of nitrogens with zero attached hydrogens (tertiary/aromatic N) is 2. The number of hydrogen-bond acceptors (Lipinski definition) is 3. The molecule has 1 heterocycles. The fourth-order valence-electron chi connectivity index (χ4n) is 2.06. The molecule has 1 aromatic carbocycles. The van der Waals surface area contributed by atoms with Crippen molar-refractivity contribution in [1.29, 1.82) is 0 Å². The van der Waals surface area contributed by atoms with Gasteiger partial charge in [-0.15, -0.1) is 0 Å². The zero-order valence-corrected chi connectivity index (χ0v) is 13.3. The Balaban J connectivity index is 2.49. The molecule has 5 nitrogen and oxygen atoms in total. The molecule has 108 valence electrons. The Morgan fingerprint density at radius 3 is 2.45 bits per heavy atom. The van der Waals surface area contributed by atoms with Crippen LogP contribution in [0.4, 0.5) is 5.69 Å². The van der Waals surface area contributed by atoms with Crippen molar-refractivity contribution in [1.82, 2.24) is 9.78 Å². The summed E-state index contributed by atoms with van der Waals surface area (Å²) in [6.07, 6.45) is 0. The van der Waals surface area contributed by atoms with Crippen LogP contribution >= 0.6 is 11.6 Å². The maximum absolute atomic E-state index is 12.5. The summed E-state index contributed by atoms with van der Waals surface area (Å²) in [5.74, 6) is 0. The van der Waals surface area contributed by atoms with Crippen molar-refractivity contribution in [3.63, 3.8) is 0 Å². The van der Waals surface area contributed by atoms with Crippen LogP contribution in [0.2, 0.25) is 5.02 Å². The zero-order valence-electron chi connectivity index (χ0n) is 11.7. The summed E-state index contributed by atoms with van der Waals surface area (Å²) in [5.41, 5.74) is 2.23. The highest BCUT2D eigenvalue weighted by molar-refractivity contribution is 7.92. The molecule has 0 radical (unpaired) electrons. The predicted molar refractivity (Wildman–Crippen MR) is 79.7 cm³/mol. The van der Waals surface area contributed by atoms with Crippen LogP contribution in [-0.2, 0) is 17.1 Å². The van der Waals surface area contributed by atoms with Crippen LogP contribution in [0.3, 0.4) is 0 Å². The first-order valence-corrected chi connectivity index (χ1v) is 7.88. The maximum Gasteiger partial charge on any atom is 0.265 e. The molecule has 7 heteroatoms. The number of aromatic nitrogens is 2. The van der Waals surface area contributed by atoms with Gasteiger partial charge in [-0.05, 0) is 38.5 Å². The van der Waals surface area contributed by atoms with Crippen molar-refractivity contribution in [2.24, 2.45) is 7.05 Å². The van der Waals surface area contributed by atoms with Crippen LogP contribution in [0.5, 0.6) is 0 Å². The maximum atomic E-state index is 12.5. The molecule has 0 fully saturated rings. The van der Waals surface area contributed by atoms with Crippen molar-refractivity contribution in [2.75, 3.05) is 4.72 Å². The van der Waals surface area contributed by atoms with Gasteiger partial charge in [0.25, 0.3) is 10.0 Å². The van der Waals surface area contributed by atoms with Crippen LogP contribution in [0.15, 0.2) is 23.1 Å². The average Bonchev–Trinajstić information content (AvgIpc) is 2.59. The van der Waals surface area contributed by atoms with Gasteiger partial charge in [0.05, 0.1) is 17.1 Å². The van der Waals surface area contributed by atoms with Crippen molar-refractivity contribution >= 4 is 27.3 Å². The SMILES string of the molecule is Cc1nn(C)c(C)c1S(=O)(=O)Nc1cccc(Cl)c1C. The molecular weight excluding hydrogens is 298 g/mol. The van der Waals surface area contributed by atoms with Crippen LogP contribution in [0.1, 0.15) is 17.0 Å². The quantitative estimate of drug-likeness (QED) is 0.947. The molecule has 0 aliphatic carbocycles. The lowest BCUT2D eigenvalue weighted by Gasteiger charge is -2.11. The van der Waals surface area contributed by atoms with E-state index in [1.54, 1.807) is 50.7 Å². The van der Waals surface area contributed by atoms with Gasteiger partial charge in [-0.2, -0.15) is 5.10 Å². The van der Waals surface area contributed by atoms with E-state index in [4.69, 9.17) is 11.6 Å². The smallest absolute Gasteiger partial charge is 0.265 e. The largest absolute Gasteiger partial charge is 0.279 e. The second-order valence-corrected chi connectivity index (χ2v) is 6.67. The second-order valence-electron chi connectivity index (χ2n) is 4.64. The first-order valence-electron chi connectivity index (χ1n) is 6.02. The van der Waals surface area contributed by atoms with Gasteiger partial charge in [0.2, 0.25) is 0 Å². The highest BCUT2D eigenvalue weighted by Crippen LogP contribution is 2.27. The van der Waals surface area contributed by atoms with Gasteiger partial charge in [0.1, 0.15) is 4.90 Å². The number of hydrogen-bond donors (Lipinski definition) is 1. The molecule has 0 saturated carbocycles. The van der Waals surface area contributed by atoms with E-state index < -0.39 is 10.0 Å². The molecule has 0 aliphatic rings. The summed E-state index contributed by atoms with van der Waals surface area (Å²) in [4.78, 5) is 0.208. The van der Waals surface area contributed by atoms with E-state index in [-0.39, 0.29) is 4.90 Å². The minimum atomic E-state index is -3.69. The topological polar surface area (TPSA) is 64.0 Å². The summed E-state index contributed by atoms with van der Waals surface area (Å²) in [7, 11) is -1.97. The minimum absolute atomic E-state index is 0.208. The summed E-state index contributed by atoms with van der Waals surface area (Å²) < 4.78 is 29.1. The van der Waals surface area contributed by atoms with Gasteiger partial charge in [-0.25, -0.2) is 8.42 Å². The van der Waals surface area contributed by atoms with Crippen LogP contribution < -0.4 is 4.72 Å². The lowest BCUT2D eigenvalue weighted by atomic mass is 10.2. The Labute approximate surface area is 123 Å². The van der Waals surface area contributed by atoms with Crippen LogP contribution in [0, 0.1) is 20.8 Å². The Morgan fingerprint density at radius 2 is 1.90 bits per heavy atom. The molecule has 0 amide bonds. The van der Waals surface area contributed by atoms with Crippen LogP contribution in [-0.4, -0.2) is 18.2 Å². The van der Waals surface area contributed by atoms with E-state index in [1.807, 2.05) is 0 Å². The van der Waals surface area contributed by atoms with Gasteiger partial charge in [-0.1, -0.05) is 17.7 Å². The summed E-state index contributed by atoms with van der Waals surface area (Å²) in [5, 5.41) is 4.65. The molecule has 1 N–H and O–H groups in total. The molecule has 0 atom stereocenters. The molecule has 0 aliphatic heterocycles. The minimum Gasteiger partial charge on any atom is -0.279 e. The van der Waals surface area contributed by atoms with E-state index >= 15 is 0 Å². The molecule has 1 aromatic heterocycles. The van der Waals surface area contributed by atoms with E-state index in [2.05, 4.69) is 9.82 Å².